The van der Waals surface area contributed by atoms with Crippen molar-refractivity contribution in [1.29, 1.82) is 0 Å². The molecular weight excluding hydrogens is 216 g/mol. The minimum Gasteiger partial charge on any atom is -0.478 e. The molecule has 0 aliphatic heterocycles. The molecule has 4 nitrogen and oxygen atoms in total. The number of benzene rings is 1. The van der Waals surface area contributed by atoms with Crippen LogP contribution < -0.4 is 11.1 Å². The van der Waals surface area contributed by atoms with E-state index in [1.165, 1.54) is 25.7 Å². The summed E-state index contributed by atoms with van der Waals surface area (Å²) >= 11 is 0. The summed E-state index contributed by atoms with van der Waals surface area (Å²) in [5.41, 5.74) is 7.06. The Labute approximate surface area is 101 Å². The molecule has 1 fully saturated rings. The summed E-state index contributed by atoms with van der Waals surface area (Å²) in [6.07, 6.45) is 5.23. The molecule has 0 saturated heterocycles. The molecule has 92 valence electrons. The summed E-state index contributed by atoms with van der Waals surface area (Å²) in [6.45, 7) is 0.950. The van der Waals surface area contributed by atoms with Crippen molar-refractivity contribution in [3.05, 3.63) is 23.8 Å². The first-order valence-corrected chi connectivity index (χ1v) is 6.03. The Balaban J connectivity index is 1.97. The normalized spacial score (nSPS) is 16.0. The van der Waals surface area contributed by atoms with Crippen molar-refractivity contribution < 1.29 is 9.90 Å². The minimum atomic E-state index is -0.982. The van der Waals surface area contributed by atoms with Crippen LogP contribution in [0, 0.1) is 5.92 Å². The molecule has 17 heavy (non-hydrogen) atoms. The van der Waals surface area contributed by atoms with Gasteiger partial charge in [-0.3, -0.25) is 0 Å². The Kier molecular flexibility index (Phi) is 3.52. The molecule has 0 atom stereocenters. The number of nitrogens with two attached hydrogens (primary N) is 1. The maximum Gasteiger partial charge on any atom is 0.337 e. The number of aromatic carboxylic acids is 1. The van der Waals surface area contributed by atoms with E-state index in [1.807, 2.05) is 0 Å². The van der Waals surface area contributed by atoms with Gasteiger partial charge in [0.2, 0.25) is 0 Å². The molecule has 4 N–H and O–H groups in total. The van der Waals surface area contributed by atoms with Crippen LogP contribution in [0.5, 0.6) is 0 Å². The molecule has 2 rings (SSSR count). The zero-order chi connectivity index (χ0) is 12.3. The second-order valence-electron chi connectivity index (χ2n) is 4.64. The Morgan fingerprint density at radius 1 is 1.41 bits per heavy atom. The Bertz CT molecular complexity index is 412. The van der Waals surface area contributed by atoms with Gasteiger partial charge in [-0.15, -0.1) is 0 Å². The van der Waals surface area contributed by atoms with Crippen molar-refractivity contribution in [3.63, 3.8) is 0 Å². The summed E-state index contributed by atoms with van der Waals surface area (Å²) in [6, 6.07) is 5.02. The van der Waals surface area contributed by atoms with E-state index in [4.69, 9.17) is 10.8 Å². The van der Waals surface area contributed by atoms with Gasteiger partial charge in [-0.25, -0.2) is 4.79 Å². The molecular formula is C13H18N2O2. The summed E-state index contributed by atoms with van der Waals surface area (Å²) in [4.78, 5) is 10.8. The molecule has 1 aliphatic carbocycles. The van der Waals surface area contributed by atoms with E-state index in [1.54, 1.807) is 18.2 Å². The third-order valence-electron chi connectivity index (χ3n) is 3.35. The van der Waals surface area contributed by atoms with Gasteiger partial charge in [-0.1, -0.05) is 12.8 Å². The first kappa shape index (κ1) is 11.8. The molecule has 1 aromatic carbocycles. The zero-order valence-corrected chi connectivity index (χ0v) is 9.78. The summed E-state index contributed by atoms with van der Waals surface area (Å²) in [7, 11) is 0. The lowest BCUT2D eigenvalue weighted by molar-refractivity contribution is 0.0698. The van der Waals surface area contributed by atoms with Crippen molar-refractivity contribution in [2.24, 2.45) is 5.92 Å². The zero-order valence-electron chi connectivity index (χ0n) is 9.78. The predicted octanol–water partition coefficient (Wildman–Crippen LogP) is 2.57. The Morgan fingerprint density at radius 3 is 2.71 bits per heavy atom. The van der Waals surface area contributed by atoms with Gasteiger partial charge in [0, 0.05) is 17.9 Å². The lowest BCUT2D eigenvalue weighted by Gasteiger charge is -2.12. The third-order valence-corrected chi connectivity index (χ3v) is 3.35. The average molecular weight is 234 g/mol. The van der Waals surface area contributed by atoms with Crippen LogP contribution in [0.4, 0.5) is 11.4 Å². The summed E-state index contributed by atoms with van der Waals surface area (Å²) < 4.78 is 0. The van der Waals surface area contributed by atoms with Crippen molar-refractivity contribution in [2.45, 2.75) is 25.7 Å². The standard InChI is InChI=1S/C13H18N2O2/c14-12-7-10(5-6-11(12)13(16)17)15-8-9-3-1-2-4-9/h5-7,9,15H,1-4,8,14H2,(H,16,17). The van der Waals surface area contributed by atoms with E-state index in [0.717, 1.165) is 18.2 Å². The Morgan fingerprint density at radius 2 is 2.12 bits per heavy atom. The fourth-order valence-electron chi connectivity index (χ4n) is 2.34. The molecule has 0 bridgehead atoms. The van der Waals surface area contributed by atoms with Gasteiger partial charge in [-0.05, 0) is 37.0 Å². The van der Waals surface area contributed by atoms with Crippen LogP contribution in [0.3, 0.4) is 0 Å². The first-order chi connectivity index (χ1) is 8.16. The number of carboxylic acids is 1. The highest BCUT2D eigenvalue weighted by atomic mass is 16.4. The third kappa shape index (κ3) is 2.90. The van der Waals surface area contributed by atoms with Crippen LogP contribution in [0.25, 0.3) is 0 Å². The maximum atomic E-state index is 10.8. The van der Waals surface area contributed by atoms with Crippen LogP contribution in [0.2, 0.25) is 0 Å². The Hall–Kier alpha value is -1.71. The molecule has 0 unspecified atom stereocenters. The van der Waals surface area contributed by atoms with E-state index >= 15 is 0 Å². The van der Waals surface area contributed by atoms with Crippen molar-refractivity contribution in [3.8, 4) is 0 Å². The number of nitrogen functional groups attached to an aromatic ring is 1. The molecule has 1 saturated carbocycles. The number of rotatable bonds is 4. The molecule has 0 heterocycles. The number of hydrogen-bond donors (Lipinski definition) is 3. The highest BCUT2D eigenvalue weighted by Gasteiger charge is 2.14. The first-order valence-electron chi connectivity index (χ1n) is 6.03. The number of carbonyl (C=O) groups is 1. The van der Waals surface area contributed by atoms with E-state index in [2.05, 4.69) is 5.32 Å². The van der Waals surface area contributed by atoms with Crippen molar-refractivity contribution in [2.75, 3.05) is 17.6 Å². The molecule has 1 aromatic rings. The van der Waals surface area contributed by atoms with Crippen LogP contribution >= 0.6 is 0 Å². The molecule has 0 spiro atoms. The summed E-state index contributed by atoms with van der Waals surface area (Å²) in [5, 5.41) is 12.2. The smallest absolute Gasteiger partial charge is 0.337 e. The van der Waals surface area contributed by atoms with Crippen molar-refractivity contribution >= 4 is 17.3 Å². The fraction of sp³-hybridized carbons (Fsp3) is 0.462. The lowest BCUT2D eigenvalue weighted by Crippen LogP contribution is -2.11. The number of anilines is 2. The molecule has 1 aliphatic rings. The highest BCUT2D eigenvalue weighted by molar-refractivity contribution is 5.94. The van der Waals surface area contributed by atoms with E-state index in [9.17, 15) is 4.79 Å². The highest BCUT2D eigenvalue weighted by Crippen LogP contribution is 2.25. The van der Waals surface area contributed by atoms with Gasteiger partial charge >= 0.3 is 5.97 Å². The monoisotopic (exact) mass is 234 g/mol. The minimum absolute atomic E-state index is 0.163. The van der Waals surface area contributed by atoms with Gasteiger partial charge in [0.25, 0.3) is 0 Å². The average Bonchev–Trinajstić information content (AvgIpc) is 2.78. The predicted molar refractivity (Wildman–Crippen MR) is 68.3 cm³/mol. The van der Waals surface area contributed by atoms with Crippen LogP contribution in [-0.4, -0.2) is 17.6 Å². The van der Waals surface area contributed by atoms with Crippen molar-refractivity contribution in [1.82, 2.24) is 0 Å². The van der Waals surface area contributed by atoms with Gasteiger partial charge in [0.1, 0.15) is 0 Å². The van der Waals surface area contributed by atoms with E-state index < -0.39 is 5.97 Å². The fourth-order valence-corrected chi connectivity index (χ4v) is 2.34. The second-order valence-corrected chi connectivity index (χ2v) is 4.64. The quantitative estimate of drug-likeness (QED) is 0.700. The number of hydrogen-bond acceptors (Lipinski definition) is 3. The maximum absolute atomic E-state index is 10.8. The molecule has 0 aromatic heterocycles. The van der Waals surface area contributed by atoms with Gasteiger partial charge in [-0.2, -0.15) is 0 Å². The van der Waals surface area contributed by atoms with E-state index in [-0.39, 0.29) is 5.56 Å². The molecule has 0 amide bonds. The number of nitrogens with one attached hydrogen (secondary N) is 1. The largest absolute Gasteiger partial charge is 0.478 e. The second kappa shape index (κ2) is 5.08. The van der Waals surface area contributed by atoms with Crippen LogP contribution in [-0.2, 0) is 0 Å². The van der Waals surface area contributed by atoms with Gasteiger partial charge in [0.05, 0.1) is 5.56 Å². The number of carboxylic acid groups (broad SMARTS) is 1. The molecule has 4 heteroatoms. The summed E-state index contributed by atoms with van der Waals surface area (Å²) in [5.74, 6) is -0.236. The van der Waals surface area contributed by atoms with Gasteiger partial charge < -0.3 is 16.2 Å². The van der Waals surface area contributed by atoms with E-state index in [0.29, 0.717) is 5.69 Å². The van der Waals surface area contributed by atoms with Crippen LogP contribution in [0.15, 0.2) is 18.2 Å². The SMILES string of the molecule is Nc1cc(NCC2CCCC2)ccc1C(=O)O. The van der Waals surface area contributed by atoms with Crippen LogP contribution in [0.1, 0.15) is 36.0 Å². The van der Waals surface area contributed by atoms with Gasteiger partial charge in [0.15, 0.2) is 0 Å². The molecule has 0 radical (unpaired) electrons. The topological polar surface area (TPSA) is 75.3 Å². The lowest BCUT2D eigenvalue weighted by atomic mass is 10.1.